The van der Waals surface area contributed by atoms with Gasteiger partial charge in [0.25, 0.3) is 5.91 Å². The number of nitrogens with zero attached hydrogens (tertiary/aromatic N) is 3. The molecule has 122 valence electrons. The van der Waals surface area contributed by atoms with Crippen LogP contribution < -0.4 is 4.72 Å². The number of amides is 1. The van der Waals surface area contributed by atoms with Gasteiger partial charge in [-0.15, -0.1) is 0 Å². The fourth-order valence-corrected chi connectivity index (χ4v) is 4.30. The molecule has 1 atom stereocenters. The van der Waals surface area contributed by atoms with Crippen molar-refractivity contribution in [1.29, 1.82) is 0 Å². The summed E-state index contributed by atoms with van der Waals surface area (Å²) < 4.78 is 27.9. The Morgan fingerprint density at radius 1 is 1.36 bits per heavy atom. The van der Waals surface area contributed by atoms with Gasteiger partial charge in [-0.3, -0.25) is 4.79 Å². The minimum Gasteiger partial charge on any atom is -0.334 e. The van der Waals surface area contributed by atoms with Crippen molar-refractivity contribution < 1.29 is 13.2 Å². The zero-order valence-corrected chi connectivity index (χ0v) is 13.6. The molecule has 1 unspecified atom stereocenters. The summed E-state index contributed by atoms with van der Waals surface area (Å²) in [5.74, 6) is 0.784. The molecular weight excluding hydrogens is 304 g/mol. The molecular formula is C14H22N4O3S. The number of likely N-dealkylation sites (tertiary alicyclic amines) is 1. The van der Waals surface area contributed by atoms with Crippen molar-refractivity contribution in [2.24, 2.45) is 0 Å². The van der Waals surface area contributed by atoms with E-state index in [1.807, 2.05) is 10.8 Å². The third-order valence-corrected chi connectivity index (χ3v) is 5.93. The SMILES string of the molecule is CNS(=O)(=O)CC1CCCN1C(=O)c1cn2c(n1)CCCC2. The van der Waals surface area contributed by atoms with Crippen molar-refractivity contribution in [2.75, 3.05) is 19.3 Å². The monoisotopic (exact) mass is 326 g/mol. The molecule has 0 spiro atoms. The molecule has 0 radical (unpaired) electrons. The van der Waals surface area contributed by atoms with E-state index in [1.165, 1.54) is 7.05 Å². The summed E-state index contributed by atoms with van der Waals surface area (Å²) in [6.45, 7) is 1.51. The van der Waals surface area contributed by atoms with Gasteiger partial charge in [-0.2, -0.15) is 0 Å². The summed E-state index contributed by atoms with van der Waals surface area (Å²) in [6, 6.07) is -0.260. The Labute approximate surface area is 130 Å². The number of sulfonamides is 1. The van der Waals surface area contributed by atoms with E-state index in [4.69, 9.17) is 0 Å². The second kappa shape index (κ2) is 6.00. The first-order valence-electron chi connectivity index (χ1n) is 7.78. The van der Waals surface area contributed by atoms with Crippen LogP contribution in [0.15, 0.2) is 6.20 Å². The van der Waals surface area contributed by atoms with E-state index in [-0.39, 0.29) is 17.7 Å². The number of aromatic nitrogens is 2. The van der Waals surface area contributed by atoms with Crippen LogP contribution in [0.4, 0.5) is 0 Å². The van der Waals surface area contributed by atoms with Gasteiger partial charge in [0.15, 0.2) is 0 Å². The highest BCUT2D eigenvalue weighted by Gasteiger charge is 2.33. The van der Waals surface area contributed by atoms with E-state index in [9.17, 15) is 13.2 Å². The van der Waals surface area contributed by atoms with Gasteiger partial charge in [0.1, 0.15) is 11.5 Å². The van der Waals surface area contributed by atoms with Gasteiger partial charge < -0.3 is 9.47 Å². The lowest BCUT2D eigenvalue weighted by molar-refractivity contribution is 0.0743. The maximum absolute atomic E-state index is 12.7. The number of imidazole rings is 1. The first kappa shape index (κ1) is 15.5. The van der Waals surface area contributed by atoms with Crippen molar-refractivity contribution in [3.8, 4) is 0 Å². The molecule has 0 saturated carbocycles. The van der Waals surface area contributed by atoms with E-state index >= 15 is 0 Å². The van der Waals surface area contributed by atoms with Crippen LogP contribution in [0.25, 0.3) is 0 Å². The molecule has 0 aliphatic carbocycles. The van der Waals surface area contributed by atoms with Crippen LogP contribution in [0.3, 0.4) is 0 Å². The number of hydrogen-bond acceptors (Lipinski definition) is 4. The minimum absolute atomic E-state index is 0.0389. The van der Waals surface area contributed by atoms with Crippen molar-refractivity contribution in [2.45, 2.75) is 44.7 Å². The van der Waals surface area contributed by atoms with E-state index in [0.717, 1.165) is 44.5 Å². The fourth-order valence-electron chi connectivity index (χ4n) is 3.28. The molecule has 3 heterocycles. The summed E-state index contributed by atoms with van der Waals surface area (Å²) in [4.78, 5) is 18.8. The molecule has 1 amide bonds. The maximum Gasteiger partial charge on any atom is 0.274 e. The van der Waals surface area contributed by atoms with Gasteiger partial charge >= 0.3 is 0 Å². The van der Waals surface area contributed by atoms with Crippen LogP contribution in [-0.4, -0.2) is 54.2 Å². The van der Waals surface area contributed by atoms with Crippen molar-refractivity contribution in [3.05, 3.63) is 17.7 Å². The summed E-state index contributed by atoms with van der Waals surface area (Å²) in [5, 5.41) is 0. The molecule has 0 aromatic carbocycles. The quantitative estimate of drug-likeness (QED) is 0.866. The first-order chi connectivity index (χ1) is 10.5. The molecule has 2 aliphatic rings. The van der Waals surface area contributed by atoms with Gasteiger partial charge in [0, 0.05) is 31.7 Å². The van der Waals surface area contributed by atoms with Crippen LogP contribution in [0.2, 0.25) is 0 Å². The molecule has 7 nitrogen and oxygen atoms in total. The standard InChI is InChI=1S/C14H22N4O3S/c1-15-22(20,21)10-11-5-4-8-18(11)14(19)12-9-17-7-3-2-6-13(17)16-12/h9,11,15H,2-8,10H2,1H3. The molecule has 0 bridgehead atoms. The summed E-state index contributed by atoms with van der Waals surface area (Å²) in [5.41, 5.74) is 0.450. The third-order valence-electron chi connectivity index (χ3n) is 4.49. The van der Waals surface area contributed by atoms with Crippen LogP contribution in [0.5, 0.6) is 0 Å². The minimum atomic E-state index is -3.32. The highest BCUT2D eigenvalue weighted by atomic mass is 32.2. The Morgan fingerprint density at radius 2 is 2.18 bits per heavy atom. The lowest BCUT2D eigenvalue weighted by Gasteiger charge is -2.23. The average molecular weight is 326 g/mol. The van der Waals surface area contributed by atoms with E-state index < -0.39 is 10.0 Å². The Hall–Kier alpha value is -1.41. The zero-order valence-electron chi connectivity index (χ0n) is 12.8. The molecule has 8 heteroatoms. The van der Waals surface area contributed by atoms with Gasteiger partial charge in [0.2, 0.25) is 10.0 Å². The van der Waals surface area contributed by atoms with Gasteiger partial charge in [-0.1, -0.05) is 0 Å². The molecule has 1 fully saturated rings. The van der Waals surface area contributed by atoms with Crippen molar-refractivity contribution >= 4 is 15.9 Å². The Balaban J connectivity index is 1.77. The van der Waals surface area contributed by atoms with Gasteiger partial charge in [0.05, 0.1) is 5.75 Å². The third kappa shape index (κ3) is 3.03. The van der Waals surface area contributed by atoms with Crippen LogP contribution in [0.1, 0.15) is 42.0 Å². The molecule has 1 aromatic rings. The Kier molecular flexibility index (Phi) is 4.22. The molecule has 22 heavy (non-hydrogen) atoms. The number of fused-ring (bicyclic) bond motifs is 1. The van der Waals surface area contributed by atoms with E-state index in [2.05, 4.69) is 9.71 Å². The molecule has 1 aromatic heterocycles. The second-order valence-corrected chi connectivity index (χ2v) is 7.94. The van der Waals surface area contributed by atoms with E-state index in [0.29, 0.717) is 12.2 Å². The first-order valence-corrected chi connectivity index (χ1v) is 9.43. The highest BCUT2D eigenvalue weighted by molar-refractivity contribution is 7.89. The number of carbonyl (C=O) groups is 1. The zero-order chi connectivity index (χ0) is 15.7. The Bertz CT molecular complexity index is 644. The number of nitrogens with one attached hydrogen (secondary N) is 1. The predicted octanol–water partition coefficient (Wildman–Crippen LogP) is 0.373. The summed E-state index contributed by atoms with van der Waals surface area (Å²) >= 11 is 0. The van der Waals surface area contributed by atoms with Crippen molar-refractivity contribution in [1.82, 2.24) is 19.2 Å². The smallest absolute Gasteiger partial charge is 0.274 e. The van der Waals surface area contributed by atoms with Crippen molar-refractivity contribution in [3.63, 3.8) is 0 Å². The predicted molar refractivity (Wildman–Crippen MR) is 82.1 cm³/mol. The number of carbonyl (C=O) groups excluding carboxylic acids is 1. The number of hydrogen-bond donors (Lipinski definition) is 1. The number of aryl methyl sites for hydroxylation is 2. The Morgan fingerprint density at radius 3 is 2.91 bits per heavy atom. The molecule has 1 N–H and O–H groups in total. The maximum atomic E-state index is 12.7. The highest BCUT2D eigenvalue weighted by Crippen LogP contribution is 2.22. The largest absolute Gasteiger partial charge is 0.334 e. The topological polar surface area (TPSA) is 84.3 Å². The molecule has 2 aliphatic heterocycles. The van der Waals surface area contributed by atoms with Crippen LogP contribution in [0, 0.1) is 0 Å². The lowest BCUT2D eigenvalue weighted by atomic mass is 10.2. The van der Waals surface area contributed by atoms with E-state index in [1.54, 1.807) is 4.90 Å². The molecule has 1 saturated heterocycles. The van der Waals surface area contributed by atoms with Crippen LogP contribution >= 0.6 is 0 Å². The second-order valence-electron chi connectivity index (χ2n) is 5.97. The molecule has 3 rings (SSSR count). The summed E-state index contributed by atoms with van der Waals surface area (Å²) in [7, 11) is -1.92. The van der Waals surface area contributed by atoms with Gasteiger partial charge in [-0.25, -0.2) is 18.1 Å². The number of rotatable bonds is 4. The van der Waals surface area contributed by atoms with Crippen LogP contribution in [-0.2, 0) is 23.0 Å². The fraction of sp³-hybridized carbons (Fsp3) is 0.714. The van der Waals surface area contributed by atoms with Gasteiger partial charge in [-0.05, 0) is 32.7 Å². The normalized spacial score (nSPS) is 21.9. The summed E-state index contributed by atoms with van der Waals surface area (Å²) in [6.07, 6.45) is 6.51. The lowest BCUT2D eigenvalue weighted by Crippen LogP contribution is -2.41. The average Bonchev–Trinajstić information content (AvgIpc) is 3.12.